The number of fused-ring (bicyclic) bond motifs is 1. The smallest absolute Gasteiger partial charge is 0.127 e. The number of rotatable bonds is 7. The summed E-state index contributed by atoms with van der Waals surface area (Å²) in [6.45, 7) is 10.4. The maximum Gasteiger partial charge on any atom is 0.127 e. The Labute approximate surface area is 128 Å². The summed E-state index contributed by atoms with van der Waals surface area (Å²) < 4.78 is 6.10. The first-order valence-corrected chi connectivity index (χ1v) is 8.06. The molecule has 0 unspecified atom stereocenters. The molecule has 0 atom stereocenters. The van der Waals surface area contributed by atoms with Crippen molar-refractivity contribution in [2.75, 3.05) is 13.2 Å². The van der Waals surface area contributed by atoms with Crippen LogP contribution in [0.25, 0.3) is 0 Å². The maximum absolute atomic E-state index is 9.63. The summed E-state index contributed by atoms with van der Waals surface area (Å²) in [6, 6.07) is 6.40. The second-order valence-electron chi connectivity index (χ2n) is 6.91. The quantitative estimate of drug-likeness (QED) is 0.810. The van der Waals surface area contributed by atoms with Gasteiger partial charge in [-0.25, -0.2) is 0 Å². The van der Waals surface area contributed by atoms with E-state index < -0.39 is 0 Å². The predicted molar refractivity (Wildman–Crippen MR) is 86.7 cm³/mol. The highest BCUT2D eigenvalue weighted by atomic mass is 16.5. The number of benzene rings is 1. The van der Waals surface area contributed by atoms with Crippen LogP contribution in [0, 0.1) is 5.41 Å². The van der Waals surface area contributed by atoms with Crippen molar-refractivity contribution in [3.8, 4) is 5.75 Å². The van der Waals surface area contributed by atoms with Gasteiger partial charge in [-0.2, -0.15) is 0 Å². The lowest BCUT2D eigenvalue weighted by molar-refractivity contribution is 0.112. The fraction of sp³-hybridized carbons (Fsp3) is 0.667. The molecule has 0 radical (unpaired) electrons. The molecule has 1 heterocycles. The number of hydrogen-bond donors (Lipinski definition) is 2. The van der Waals surface area contributed by atoms with Gasteiger partial charge in [0.15, 0.2) is 0 Å². The van der Waals surface area contributed by atoms with Crippen molar-refractivity contribution in [1.29, 1.82) is 0 Å². The average molecular weight is 291 g/mol. The van der Waals surface area contributed by atoms with Crippen molar-refractivity contribution in [2.45, 2.75) is 59.1 Å². The van der Waals surface area contributed by atoms with Gasteiger partial charge in [0, 0.05) is 37.1 Å². The predicted octanol–water partition coefficient (Wildman–Crippen LogP) is 3.29. The largest absolute Gasteiger partial charge is 0.487 e. The van der Waals surface area contributed by atoms with Crippen LogP contribution in [-0.4, -0.2) is 23.9 Å². The summed E-state index contributed by atoms with van der Waals surface area (Å²) in [5.41, 5.74) is 2.42. The molecular formula is C18H29NO2. The second-order valence-corrected chi connectivity index (χ2v) is 6.91. The monoisotopic (exact) mass is 291 g/mol. The standard InChI is InChI=1S/C18H29NO2/c1-5-18(6-2,13-20)12-19-11-15-9-7-8-14-10-17(3,4)21-16(14)15/h7-9,19-20H,5-6,10-13H2,1-4H3. The Balaban J connectivity index is 2.01. The van der Waals surface area contributed by atoms with E-state index in [4.69, 9.17) is 4.74 Å². The first-order chi connectivity index (χ1) is 9.95. The molecule has 1 aromatic rings. The molecule has 0 aromatic heterocycles. The zero-order valence-electron chi connectivity index (χ0n) is 13.8. The van der Waals surface area contributed by atoms with Crippen molar-refractivity contribution in [1.82, 2.24) is 5.32 Å². The minimum absolute atomic E-state index is 0.00190. The van der Waals surface area contributed by atoms with Crippen LogP contribution in [0.3, 0.4) is 0 Å². The molecule has 0 aliphatic carbocycles. The Kier molecular flexibility index (Phi) is 4.95. The summed E-state index contributed by atoms with van der Waals surface area (Å²) >= 11 is 0. The molecule has 2 N–H and O–H groups in total. The molecule has 0 fully saturated rings. The number of ether oxygens (including phenoxy) is 1. The SMILES string of the molecule is CCC(CC)(CO)CNCc1cccc2c1OC(C)(C)C2. The molecule has 21 heavy (non-hydrogen) atoms. The van der Waals surface area contributed by atoms with Gasteiger partial charge in [-0.1, -0.05) is 32.0 Å². The van der Waals surface area contributed by atoms with Crippen LogP contribution in [0.5, 0.6) is 5.75 Å². The lowest BCUT2D eigenvalue weighted by Crippen LogP contribution is -2.36. The van der Waals surface area contributed by atoms with Crippen LogP contribution in [-0.2, 0) is 13.0 Å². The van der Waals surface area contributed by atoms with E-state index in [1.165, 1.54) is 11.1 Å². The molecular weight excluding hydrogens is 262 g/mol. The minimum Gasteiger partial charge on any atom is -0.487 e. The van der Waals surface area contributed by atoms with Crippen molar-refractivity contribution < 1.29 is 9.84 Å². The molecule has 1 aromatic carbocycles. The highest BCUT2D eigenvalue weighted by Crippen LogP contribution is 2.37. The minimum atomic E-state index is -0.0971. The van der Waals surface area contributed by atoms with Gasteiger partial charge in [-0.15, -0.1) is 0 Å². The lowest BCUT2D eigenvalue weighted by Gasteiger charge is -2.29. The van der Waals surface area contributed by atoms with Gasteiger partial charge in [-0.3, -0.25) is 0 Å². The van der Waals surface area contributed by atoms with Crippen LogP contribution >= 0.6 is 0 Å². The van der Waals surface area contributed by atoms with Crippen LogP contribution in [0.4, 0.5) is 0 Å². The Morgan fingerprint density at radius 2 is 2.00 bits per heavy atom. The van der Waals surface area contributed by atoms with E-state index in [9.17, 15) is 5.11 Å². The molecule has 2 rings (SSSR count). The normalized spacial score (nSPS) is 16.6. The number of aliphatic hydroxyl groups is 1. The topological polar surface area (TPSA) is 41.5 Å². The zero-order chi connectivity index (χ0) is 15.5. The fourth-order valence-corrected chi connectivity index (χ4v) is 3.06. The molecule has 0 saturated heterocycles. The highest BCUT2D eigenvalue weighted by molar-refractivity contribution is 5.45. The number of aliphatic hydroxyl groups excluding tert-OH is 1. The van der Waals surface area contributed by atoms with E-state index in [1.807, 2.05) is 0 Å². The Morgan fingerprint density at radius 1 is 1.29 bits per heavy atom. The zero-order valence-corrected chi connectivity index (χ0v) is 13.8. The first kappa shape index (κ1) is 16.3. The fourth-order valence-electron chi connectivity index (χ4n) is 3.06. The van der Waals surface area contributed by atoms with Gasteiger partial charge in [0.2, 0.25) is 0 Å². The van der Waals surface area contributed by atoms with E-state index in [-0.39, 0.29) is 17.6 Å². The van der Waals surface area contributed by atoms with Crippen LogP contribution < -0.4 is 10.1 Å². The molecule has 3 nitrogen and oxygen atoms in total. The average Bonchev–Trinajstić information content (AvgIpc) is 2.79. The molecule has 3 heteroatoms. The van der Waals surface area contributed by atoms with Gasteiger partial charge in [0.1, 0.15) is 11.4 Å². The lowest BCUT2D eigenvalue weighted by atomic mass is 9.83. The molecule has 0 bridgehead atoms. The summed E-state index contributed by atoms with van der Waals surface area (Å²) in [6.07, 6.45) is 2.95. The van der Waals surface area contributed by atoms with E-state index >= 15 is 0 Å². The van der Waals surface area contributed by atoms with Crippen LogP contribution in [0.2, 0.25) is 0 Å². The first-order valence-electron chi connectivity index (χ1n) is 8.06. The van der Waals surface area contributed by atoms with Crippen molar-refractivity contribution in [3.05, 3.63) is 29.3 Å². The van der Waals surface area contributed by atoms with E-state index in [0.717, 1.165) is 38.1 Å². The maximum atomic E-state index is 9.63. The molecule has 1 aliphatic heterocycles. The number of para-hydroxylation sites is 1. The van der Waals surface area contributed by atoms with Crippen LogP contribution in [0.1, 0.15) is 51.7 Å². The van der Waals surface area contributed by atoms with Gasteiger partial charge >= 0.3 is 0 Å². The van der Waals surface area contributed by atoms with Crippen molar-refractivity contribution in [2.24, 2.45) is 5.41 Å². The summed E-state index contributed by atoms with van der Waals surface area (Å²) in [5, 5.41) is 13.1. The molecule has 1 aliphatic rings. The van der Waals surface area contributed by atoms with Gasteiger partial charge in [0.25, 0.3) is 0 Å². The number of nitrogens with one attached hydrogen (secondary N) is 1. The summed E-state index contributed by atoms with van der Waals surface area (Å²) in [5.74, 6) is 1.05. The third-order valence-corrected chi connectivity index (χ3v) is 4.82. The Bertz CT molecular complexity index is 470. The summed E-state index contributed by atoms with van der Waals surface area (Å²) in [7, 11) is 0. The van der Waals surface area contributed by atoms with Crippen molar-refractivity contribution >= 4 is 0 Å². The van der Waals surface area contributed by atoms with Crippen LogP contribution in [0.15, 0.2) is 18.2 Å². The third kappa shape index (κ3) is 3.58. The van der Waals surface area contributed by atoms with E-state index in [0.29, 0.717) is 0 Å². The van der Waals surface area contributed by atoms with Gasteiger partial charge in [0.05, 0.1) is 0 Å². The molecule has 0 saturated carbocycles. The van der Waals surface area contributed by atoms with E-state index in [1.54, 1.807) is 0 Å². The number of hydrogen-bond acceptors (Lipinski definition) is 3. The third-order valence-electron chi connectivity index (χ3n) is 4.82. The highest BCUT2D eigenvalue weighted by Gasteiger charge is 2.31. The molecule has 0 amide bonds. The summed E-state index contributed by atoms with van der Waals surface area (Å²) in [4.78, 5) is 0. The van der Waals surface area contributed by atoms with Gasteiger partial charge in [-0.05, 0) is 32.3 Å². The van der Waals surface area contributed by atoms with Crippen molar-refractivity contribution in [3.63, 3.8) is 0 Å². The second kappa shape index (κ2) is 6.37. The molecule has 0 spiro atoms. The van der Waals surface area contributed by atoms with E-state index in [2.05, 4.69) is 51.2 Å². The van der Waals surface area contributed by atoms with Gasteiger partial charge < -0.3 is 15.2 Å². The molecule has 118 valence electrons. The Hall–Kier alpha value is -1.06. The Morgan fingerprint density at radius 3 is 2.62 bits per heavy atom.